The minimum absolute atomic E-state index is 0.185. The number of ether oxygens (including phenoxy) is 2. The Morgan fingerprint density at radius 2 is 1.74 bits per heavy atom. The van der Waals surface area contributed by atoms with Gasteiger partial charge in [-0.1, -0.05) is 0 Å². The Balaban J connectivity index is 1.48. The van der Waals surface area contributed by atoms with E-state index >= 15 is 0 Å². The second-order valence-corrected chi connectivity index (χ2v) is 6.47. The minimum atomic E-state index is -0.533. The van der Waals surface area contributed by atoms with E-state index in [1.165, 1.54) is 0 Å². The van der Waals surface area contributed by atoms with Gasteiger partial charge in [-0.2, -0.15) is 0 Å². The number of carbonyl (C=O) groups is 2. The Hall–Kier alpha value is -2.96. The zero-order chi connectivity index (χ0) is 19.4. The summed E-state index contributed by atoms with van der Waals surface area (Å²) >= 11 is 0. The quantitative estimate of drug-likeness (QED) is 0.751. The molecule has 1 aliphatic heterocycles. The van der Waals surface area contributed by atoms with Crippen LogP contribution in [0.25, 0.3) is 0 Å². The van der Waals surface area contributed by atoms with Crippen molar-refractivity contribution in [2.45, 2.75) is 13.8 Å². The van der Waals surface area contributed by atoms with Gasteiger partial charge in [0.25, 0.3) is 5.91 Å². The highest BCUT2D eigenvalue weighted by molar-refractivity contribution is 5.92. The summed E-state index contributed by atoms with van der Waals surface area (Å²) < 4.78 is 15.6. The molecule has 1 saturated heterocycles. The molecule has 7 heteroatoms. The van der Waals surface area contributed by atoms with Crippen molar-refractivity contribution in [2.75, 3.05) is 44.8 Å². The van der Waals surface area contributed by atoms with E-state index in [1.807, 2.05) is 24.3 Å². The maximum atomic E-state index is 12.3. The Morgan fingerprint density at radius 3 is 2.30 bits per heavy atom. The maximum Gasteiger partial charge on any atom is 0.342 e. The molecule has 1 aliphatic rings. The molecule has 1 aromatic carbocycles. The first kappa shape index (κ1) is 18.8. The van der Waals surface area contributed by atoms with Crippen LogP contribution in [-0.2, 0) is 9.53 Å². The molecule has 3 rings (SSSR count). The summed E-state index contributed by atoms with van der Waals surface area (Å²) in [7, 11) is 1.64. The number of anilines is 1. The number of carbonyl (C=O) groups excluding carboxylic acids is 2. The van der Waals surface area contributed by atoms with Crippen LogP contribution < -0.4 is 9.64 Å². The van der Waals surface area contributed by atoms with Crippen LogP contribution in [-0.4, -0.2) is 56.7 Å². The molecule has 0 N–H and O–H groups in total. The molecule has 0 saturated carbocycles. The normalized spacial score (nSPS) is 14.2. The molecule has 144 valence electrons. The van der Waals surface area contributed by atoms with Gasteiger partial charge in [0.1, 0.15) is 22.8 Å². The topological polar surface area (TPSA) is 72.2 Å². The first-order valence-corrected chi connectivity index (χ1v) is 8.89. The molecule has 1 amide bonds. The number of hydrogen-bond acceptors (Lipinski definition) is 6. The SMILES string of the molecule is COc1ccc(N2CCN(C(=O)COC(=O)c3cc(C)oc3C)CC2)cc1. The van der Waals surface area contributed by atoms with Gasteiger partial charge < -0.3 is 23.7 Å². The Kier molecular flexibility index (Phi) is 5.69. The molecule has 0 aliphatic carbocycles. The van der Waals surface area contributed by atoms with E-state index in [1.54, 1.807) is 31.9 Å². The maximum absolute atomic E-state index is 12.3. The predicted octanol–water partition coefficient (Wildman–Crippen LogP) is 2.41. The van der Waals surface area contributed by atoms with Crippen LogP contribution in [0.15, 0.2) is 34.7 Å². The van der Waals surface area contributed by atoms with Gasteiger partial charge in [0.15, 0.2) is 6.61 Å². The largest absolute Gasteiger partial charge is 0.497 e. The Morgan fingerprint density at radius 1 is 1.07 bits per heavy atom. The van der Waals surface area contributed by atoms with Crippen molar-refractivity contribution in [1.29, 1.82) is 0 Å². The molecular formula is C20H24N2O5. The highest BCUT2D eigenvalue weighted by Crippen LogP contribution is 2.20. The van der Waals surface area contributed by atoms with Crippen molar-refractivity contribution in [3.63, 3.8) is 0 Å². The second-order valence-electron chi connectivity index (χ2n) is 6.47. The van der Waals surface area contributed by atoms with Gasteiger partial charge in [0.2, 0.25) is 0 Å². The minimum Gasteiger partial charge on any atom is -0.497 e. The van der Waals surface area contributed by atoms with Crippen molar-refractivity contribution in [3.05, 3.63) is 47.4 Å². The third kappa shape index (κ3) is 4.42. The van der Waals surface area contributed by atoms with E-state index < -0.39 is 5.97 Å². The summed E-state index contributed by atoms with van der Waals surface area (Å²) in [6.45, 7) is 5.84. The summed E-state index contributed by atoms with van der Waals surface area (Å²) in [4.78, 5) is 28.4. The number of amides is 1. The lowest BCUT2D eigenvalue weighted by Crippen LogP contribution is -2.49. The average Bonchev–Trinajstić information content (AvgIpc) is 3.04. The molecule has 0 radical (unpaired) electrons. The van der Waals surface area contributed by atoms with Crippen LogP contribution in [0.5, 0.6) is 5.75 Å². The van der Waals surface area contributed by atoms with E-state index in [9.17, 15) is 9.59 Å². The lowest BCUT2D eigenvalue weighted by atomic mass is 10.2. The van der Waals surface area contributed by atoms with E-state index in [-0.39, 0.29) is 12.5 Å². The molecule has 1 fully saturated rings. The fraction of sp³-hybridized carbons (Fsp3) is 0.400. The molecule has 1 aromatic heterocycles. The van der Waals surface area contributed by atoms with Crippen molar-refractivity contribution in [2.24, 2.45) is 0 Å². The van der Waals surface area contributed by atoms with Crippen molar-refractivity contribution >= 4 is 17.6 Å². The fourth-order valence-electron chi connectivity index (χ4n) is 3.14. The van der Waals surface area contributed by atoms with E-state index in [4.69, 9.17) is 13.9 Å². The van der Waals surface area contributed by atoms with Crippen molar-refractivity contribution < 1.29 is 23.5 Å². The summed E-state index contributed by atoms with van der Waals surface area (Å²) in [5.74, 6) is 1.24. The average molecular weight is 372 g/mol. The first-order chi connectivity index (χ1) is 13.0. The van der Waals surface area contributed by atoms with Gasteiger partial charge in [-0.05, 0) is 44.2 Å². The smallest absolute Gasteiger partial charge is 0.342 e. The van der Waals surface area contributed by atoms with E-state index in [0.717, 1.165) is 24.5 Å². The van der Waals surface area contributed by atoms with Crippen LogP contribution in [0.3, 0.4) is 0 Å². The summed E-state index contributed by atoms with van der Waals surface area (Å²) in [5.41, 5.74) is 1.46. The van der Waals surface area contributed by atoms with Crippen LogP contribution in [0.4, 0.5) is 5.69 Å². The fourth-order valence-corrected chi connectivity index (χ4v) is 3.14. The summed E-state index contributed by atoms with van der Waals surface area (Å²) in [6.07, 6.45) is 0. The number of methoxy groups -OCH3 is 1. The van der Waals surface area contributed by atoms with Crippen molar-refractivity contribution in [3.8, 4) is 5.75 Å². The monoisotopic (exact) mass is 372 g/mol. The third-order valence-corrected chi connectivity index (χ3v) is 4.66. The van der Waals surface area contributed by atoms with Crippen LogP contribution in [0, 0.1) is 13.8 Å². The zero-order valence-corrected chi connectivity index (χ0v) is 15.9. The second kappa shape index (κ2) is 8.16. The van der Waals surface area contributed by atoms with Gasteiger partial charge in [-0.3, -0.25) is 4.79 Å². The number of esters is 1. The predicted molar refractivity (Wildman–Crippen MR) is 100 cm³/mol. The van der Waals surface area contributed by atoms with E-state index in [0.29, 0.717) is 30.2 Å². The summed E-state index contributed by atoms with van der Waals surface area (Å²) in [5, 5.41) is 0. The number of aryl methyl sites for hydroxylation is 2. The number of benzene rings is 1. The summed E-state index contributed by atoms with van der Waals surface area (Å²) in [6, 6.07) is 9.48. The third-order valence-electron chi connectivity index (χ3n) is 4.66. The lowest BCUT2D eigenvalue weighted by Gasteiger charge is -2.36. The van der Waals surface area contributed by atoms with Gasteiger partial charge >= 0.3 is 5.97 Å². The van der Waals surface area contributed by atoms with Gasteiger partial charge in [-0.15, -0.1) is 0 Å². The highest BCUT2D eigenvalue weighted by Gasteiger charge is 2.23. The lowest BCUT2D eigenvalue weighted by molar-refractivity contribution is -0.134. The van der Waals surface area contributed by atoms with Gasteiger partial charge in [0.05, 0.1) is 7.11 Å². The first-order valence-electron chi connectivity index (χ1n) is 8.89. The molecule has 2 aromatic rings. The van der Waals surface area contributed by atoms with Crippen molar-refractivity contribution in [1.82, 2.24) is 4.90 Å². The molecular weight excluding hydrogens is 348 g/mol. The highest BCUT2D eigenvalue weighted by atomic mass is 16.5. The Labute approximate surface area is 158 Å². The van der Waals surface area contributed by atoms with Gasteiger partial charge in [0, 0.05) is 31.9 Å². The molecule has 2 heterocycles. The zero-order valence-electron chi connectivity index (χ0n) is 15.9. The molecule has 0 bridgehead atoms. The number of rotatable bonds is 5. The van der Waals surface area contributed by atoms with Crippen LogP contribution in [0.2, 0.25) is 0 Å². The molecule has 0 spiro atoms. The standard InChI is InChI=1S/C20H24N2O5/c1-14-12-18(15(2)27-14)20(24)26-13-19(23)22-10-8-21(9-11-22)16-4-6-17(25-3)7-5-16/h4-7,12H,8-11,13H2,1-3H3. The number of hydrogen-bond donors (Lipinski definition) is 0. The molecule has 0 unspecified atom stereocenters. The number of nitrogens with zero attached hydrogens (tertiary/aromatic N) is 2. The molecule has 7 nitrogen and oxygen atoms in total. The van der Waals surface area contributed by atoms with Gasteiger partial charge in [-0.25, -0.2) is 4.79 Å². The molecule has 27 heavy (non-hydrogen) atoms. The number of furan rings is 1. The number of piperazine rings is 1. The van der Waals surface area contributed by atoms with E-state index in [2.05, 4.69) is 4.90 Å². The van der Waals surface area contributed by atoms with Crippen LogP contribution in [0.1, 0.15) is 21.9 Å². The Bertz CT molecular complexity index is 804. The van der Waals surface area contributed by atoms with Crippen LogP contribution >= 0.6 is 0 Å². The molecule has 0 atom stereocenters.